The summed E-state index contributed by atoms with van der Waals surface area (Å²) in [6.45, 7) is 6.85. The summed E-state index contributed by atoms with van der Waals surface area (Å²) in [7, 11) is 0. The van der Waals surface area contributed by atoms with Crippen LogP contribution in [0.5, 0.6) is 0 Å². The van der Waals surface area contributed by atoms with Gasteiger partial charge in [-0.3, -0.25) is 4.79 Å². The van der Waals surface area contributed by atoms with Crippen molar-refractivity contribution >= 4 is 11.9 Å². The molecular formula is C14H24N4O2. The van der Waals surface area contributed by atoms with Crippen LogP contribution in [0.1, 0.15) is 40.0 Å². The van der Waals surface area contributed by atoms with Gasteiger partial charge in [0.15, 0.2) is 0 Å². The second-order valence-corrected chi connectivity index (χ2v) is 5.19. The quantitative estimate of drug-likeness (QED) is 0.794. The van der Waals surface area contributed by atoms with E-state index >= 15 is 0 Å². The van der Waals surface area contributed by atoms with Crippen molar-refractivity contribution in [2.45, 2.75) is 52.1 Å². The third-order valence-corrected chi connectivity index (χ3v) is 3.79. The zero-order valence-corrected chi connectivity index (χ0v) is 12.5. The lowest BCUT2D eigenvalue weighted by molar-refractivity contribution is -0.134. The SMILES string of the molecule is CCNC(=O)N[C@H](C(=O)N1CCC[C@H]1C#N)C(C)CC. The van der Waals surface area contributed by atoms with Crippen LogP contribution in [-0.2, 0) is 4.79 Å². The molecule has 20 heavy (non-hydrogen) atoms. The molecule has 3 atom stereocenters. The highest BCUT2D eigenvalue weighted by atomic mass is 16.2. The van der Waals surface area contributed by atoms with E-state index in [9.17, 15) is 9.59 Å². The van der Waals surface area contributed by atoms with E-state index in [-0.39, 0.29) is 23.9 Å². The van der Waals surface area contributed by atoms with Crippen molar-refractivity contribution in [3.05, 3.63) is 0 Å². The predicted octanol–water partition coefficient (Wildman–Crippen LogP) is 1.23. The third kappa shape index (κ3) is 3.86. The molecule has 6 heteroatoms. The van der Waals surface area contributed by atoms with E-state index in [1.165, 1.54) is 0 Å². The number of carbonyl (C=O) groups is 2. The van der Waals surface area contributed by atoms with Crippen molar-refractivity contribution in [1.82, 2.24) is 15.5 Å². The van der Waals surface area contributed by atoms with E-state index in [4.69, 9.17) is 5.26 Å². The summed E-state index contributed by atoms with van der Waals surface area (Å²) < 4.78 is 0. The van der Waals surface area contributed by atoms with Crippen LogP contribution in [0.2, 0.25) is 0 Å². The fourth-order valence-electron chi connectivity index (χ4n) is 2.38. The molecule has 0 radical (unpaired) electrons. The van der Waals surface area contributed by atoms with Crippen molar-refractivity contribution in [3.63, 3.8) is 0 Å². The van der Waals surface area contributed by atoms with Crippen LogP contribution in [0.4, 0.5) is 4.79 Å². The lowest BCUT2D eigenvalue weighted by Gasteiger charge is -2.29. The zero-order valence-electron chi connectivity index (χ0n) is 12.5. The summed E-state index contributed by atoms with van der Waals surface area (Å²) in [5.41, 5.74) is 0. The largest absolute Gasteiger partial charge is 0.338 e. The summed E-state index contributed by atoms with van der Waals surface area (Å²) in [6.07, 6.45) is 2.35. The molecule has 1 fully saturated rings. The van der Waals surface area contributed by atoms with Crippen LogP contribution in [0.3, 0.4) is 0 Å². The van der Waals surface area contributed by atoms with Crippen molar-refractivity contribution < 1.29 is 9.59 Å². The van der Waals surface area contributed by atoms with Gasteiger partial charge in [0.1, 0.15) is 12.1 Å². The summed E-state index contributed by atoms with van der Waals surface area (Å²) in [4.78, 5) is 25.9. The maximum atomic E-state index is 12.6. The van der Waals surface area contributed by atoms with Crippen molar-refractivity contribution in [1.29, 1.82) is 5.26 Å². The fourth-order valence-corrected chi connectivity index (χ4v) is 2.38. The fraction of sp³-hybridized carbons (Fsp3) is 0.786. The predicted molar refractivity (Wildman–Crippen MR) is 75.8 cm³/mol. The van der Waals surface area contributed by atoms with Gasteiger partial charge in [-0.25, -0.2) is 4.79 Å². The average Bonchev–Trinajstić information content (AvgIpc) is 2.92. The molecule has 1 heterocycles. The number of hydrogen-bond acceptors (Lipinski definition) is 3. The minimum atomic E-state index is -0.569. The summed E-state index contributed by atoms with van der Waals surface area (Å²) in [5, 5.41) is 14.5. The smallest absolute Gasteiger partial charge is 0.315 e. The first-order valence-corrected chi connectivity index (χ1v) is 7.29. The molecular weight excluding hydrogens is 256 g/mol. The lowest BCUT2D eigenvalue weighted by atomic mass is 9.97. The van der Waals surface area contributed by atoms with E-state index in [2.05, 4.69) is 16.7 Å². The van der Waals surface area contributed by atoms with E-state index in [1.807, 2.05) is 20.8 Å². The number of carbonyl (C=O) groups excluding carboxylic acids is 2. The minimum absolute atomic E-state index is 0.0325. The molecule has 1 rings (SSSR count). The highest BCUT2D eigenvalue weighted by Gasteiger charge is 2.35. The molecule has 0 aromatic carbocycles. The van der Waals surface area contributed by atoms with Gasteiger partial charge >= 0.3 is 6.03 Å². The molecule has 0 aliphatic carbocycles. The summed E-state index contributed by atoms with van der Waals surface area (Å²) >= 11 is 0. The molecule has 2 N–H and O–H groups in total. The lowest BCUT2D eigenvalue weighted by Crippen LogP contribution is -2.54. The van der Waals surface area contributed by atoms with E-state index in [0.29, 0.717) is 13.1 Å². The Morgan fingerprint density at radius 1 is 1.45 bits per heavy atom. The number of rotatable bonds is 5. The molecule has 0 spiro atoms. The average molecular weight is 280 g/mol. The monoisotopic (exact) mass is 280 g/mol. The summed E-state index contributed by atoms with van der Waals surface area (Å²) in [6, 6.07) is 0.902. The molecule has 1 unspecified atom stereocenters. The van der Waals surface area contributed by atoms with Crippen LogP contribution >= 0.6 is 0 Å². The Morgan fingerprint density at radius 3 is 2.70 bits per heavy atom. The molecule has 0 saturated carbocycles. The Morgan fingerprint density at radius 2 is 2.15 bits per heavy atom. The van der Waals surface area contributed by atoms with Gasteiger partial charge in [-0.15, -0.1) is 0 Å². The number of nitrogens with zero attached hydrogens (tertiary/aromatic N) is 2. The second kappa shape index (κ2) is 7.73. The number of urea groups is 1. The normalized spacial score (nSPS) is 20.9. The molecule has 0 aromatic rings. The molecule has 0 bridgehead atoms. The van der Waals surface area contributed by atoms with Crippen molar-refractivity contribution in [2.24, 2.45) is 5.92 Å². The Hall–Kier alpha value is -1.77. The molecule has 6 nitrogen and oxygen atoms in total. The number of hydrogen-bond donors (Lipinski definition) is 2. The second-order valence-electron chi connectivity index (χ2n) is 5.19. The maximum absolute atomic E-state index is 12.6. The first kappa shape index (κ1) is 16.3. The van der Waals surface area contributed by atoms with Gasteiger partial charge in [0, 0.05) is 13.1 Å². The van der Waals surface area contributed by atoms with Crippen LogP contribution in [0.15, 0.2) is 0 Å². The van der Waals surface area contributed by atoms with Gasteiger partial charge in [-0.2, -0.15) is 5.26 Å². The summed E-state index contributed by atoms with van der Waals surface area (Å²) in [5.74, 6) is -0.111. The Kier molecular flexibility index (Phi) is 6.29. The van der Waals surface area contributed by atoms with Gasteiger partial charge in [-0.05, 0) is 25.7 Å². The van der Waals surface area contributed by atoms with Crippen LogP contribution < -0.4 is 10.6 Å². The van der Waals surface area contributed by atoms with Crippen LogP contribution in [0, 0.1) is 17.2 Å². The third-order valence-electron chi connectivity index (χ3n) is 3.79. The van der Waals surface area contributed by atoms with Gasteiger partial charge in [-0.1, -0.05) is 20.3 Å². The van der Waals surface area contributed by atoms with Crippen LogP contribution in [0.25, 0.3) is 0 Å². The first-order valence-electron chi connectivity index (χ1n) is 7.29. The highest BCUT2D eigenvalue weighted by molar-refractivity contribution is 5.87. The van der Waals surface area contributed by atoms with E-state index in [0.717, 1.165) is 19.3 Å². The first-order chi connectivity index (χ1) is 9.54. The van der Waals surface area contributed by atoms with Gasteiger partial charge in [0.05, 0.1) is 6.07 Å². The van der Waals surface area contributed by atoms with E-state index in [1.54, 1.807) is 4.90 Å². The van der Waals surface area contributed by atoms with Gasteiger partial charge < -0.3 is 15.5 Å². The van der Waals surface area contributed by atoms with E-state index < -0.39 is 6.04 Å². The van der Waals surface area contributed by atoms with Gasteiger partial charge in [0.2, 0.25) is 5.91 Å². The molecule has 0 aromatic heterocycles. The number of amides is 3. The Labute approximate surface area is 120 Å². The molecule has 1 aliphatic heterocycles. The molecule has 3 amide bonds. The minimum Gasteiger partial charge on any atom is -0.338 e. The molecule has 1 aliphatic rings. The Bertz CT molecular complexity index is 391. The van der Waals surface area contributed by atoms with Crippen molar-refractivity contribution in [2.75, 3.05) is 13.1 Å². The molecule has 1 saturated heterocycles. The highest BCUT2D eigenvalue weighted by Crippen LogP contribution is 2.20. The zero-order chi connectivity index (χ0) is 15.1. The van der Waals surface area contributed by atoms with Crippen LogP contribution in [-0.4, -0.2) is 42.0 Å². The van der Waals surface area contributed by atoms with Crippen molar-refractivity contribution in [3.8, 4) is 6.07 Å². The topological polar surface area (TPSA) is 85.2 Å². The molecule has 112 valence electrons. The number of likely N-dealkylation sites (tertiary alicyclic amines) is 1. The standard InChI is InChI=1S/C14H24N4O2/c1-4-10(3)12(17-14(20)16-5-2)13(19)18-8-6-7-11(18)9-15/h10-12H,4-8H2,1-3H3,(H2,16,17,20)/t10?,11-,12-/m0/s1. The van der Waals surface area contributed by atoms with Gasteiger partial charge in [0.25, 0.3) is 0 Å². The number of nitrogens with one attached hydrogen (secondary N) is 2. The Balaban J connectivity index is 2.79. The maximum Gasteiger partial charge on any atom is 0.315 e. The number of nitriles is 1.